The molecule has 0 radical (unpaired) electrons. The molecule has 0 aromatic heterocycles. The Balaban J connectivity index is -0.000000630. The largest absolute Gasteiger partial charge is 3.00 e. The first-order valence-corrected chi connectivity index (χ1v) is 12.2. The summed E-state index contributed by atoms with van der Waals surface area (Å²) in [5, 5.41) is 19.2. The molecule has 0 amide bonds. The molecular weight excluding hydrogens is 637 g/mol. The van der Waals surface area contributed by atoms with E-state index >= 15 is 0 Å². The molecule has 0 spiro atoms. The molecule has 0 saturated heterocycles. The predicted molar refractivity (Wildman–Crippen MR) is 87.4 cm³/mol. The molecule has 0 aliphatic rings. The molecule has 22 heteroatoms. The second kappa shape index (κ2) is 18.5. The third-order valence-corrected chi connectivity index (χ3v) is 2.89. The topological polar surface area (TPSA) is 394 Å². The zero-order valence-electron chi connectivity index (χ0n) is 18.3. The van der Waals surface area contributed by atoms with Crippen LogP contribution >= 0.6 is 0 Å². The monoisotopic (exact) mass is 654 g/mol. The van der Waals surface area contributed by atoms with Crippen LogP contribution in [0.4, 0.5) is 0 Å². The smallest absolute Gasteiger partial charge is 0.507 e. The van der Waals surface area contributed by atoms with Crippen molar-refractivity contribution in [3.8, 4) is 11.5 Å². The third-order valence-electron chi connectivity index (χ3n) is 2.89. The van der Waals surface area contributed by atoms with Crippen molar-refractivity contribution in [3.05, 3.63) is 59.7 Å². The molecule has 2 aromatic rings. The van der Waals surface area contributed by atoms with Crippen LogP contribution < -0.4 is 67.4 Å². The van der Waals surface area contributed by atoms with Crippen LogP contribution in [0.2, 0.25) is 0 Å². The van der Waals surface area contributed by atoms with E-state index in [-0.39, 0.29) is 34.8 Å². The van der Waals surface area contributed by atoms with Gasteiger partial charge in [0.1, 0.15) is 11.5 Å². The van der Waals surface area contributed by atoms with E-state index in [0.29, 0.717) is 11.1 Å². The maximum atomic E-state index is 9.63. The van der Waals surface area contributed by atoms with E-state index in [1.807, 2.05) is 0 Å². The van der Waals surface area contributed by atoms with E-state index in [9.17, 15) is 10.2 Å². The number of nitrogens with two attached hydrogens (primary N) is 2. The van der Waals surface area contributed by atoms with Crippen molar-refractivity contribution in [2.24, 2.45) is 21.5 Å². The molecule has 0 aliphatic heterocycles. The van der Waals surface area contributed by atoms with Crippen LogP contribution in [0, 0.1) is 30.7 Å². The number of hydrogen-bond acceptors (Lipinski definition) is 18. The van der Waals surface area contributed by atoms with Crippen LogP contribution in [-0.2, 0) is 16.8 Å². The average molecular weight is 656 g/mol. The molecule has 0 atom stereocenters. The molecule has 2 aromatic carbocycles. The minimum absolute atomic E-state index is 0. The summed E-state index contributed by atoms with van der Waals surface area (Å²) >= 11 is 0. The fourth-order valence-corrected chi connectivity index (χ4v) is 1.71. The summed E-state index contributed by atoms with van der Waals surface area (Å²) in [6.45, 7) is 0.0332. The fourth-order valence-electron chi connectivity index (χ4n) is 1.71. The van der Waals surface area contributed by atoms with Crippen LogP contribution in [0.15, 0.2) is 58.5 Å². The van der Waals surface area contributed by atoms with Crippen molar-refractivity contribution >= 4 is 12.4 Å². The zero-order valence-corrected chi connectivity index (χ0v) is 21.6. The first-order chi connectivity index (χ1) is 16.5. The van der Waals surface area contributed by atoms with Gasteiger partial charge in [0.15, 0.2) is 5.79 Å². The number of aliphatic imine (C=N–C) groups is 2. The van der Waals surface area contributed by atoms with Gasteiger partial charge in [-0.25, -0.2) is 55.9 Å². The van der Waals surface area contributed by atoms with E-state index < -0.39 is 36.5 Å². The van der Waals surface area contributed by atoms with Crippen LogP contribution in [0.25, 0.3) is 0 Å². The standard InChI is InChI=1S/C16H18N4O2.3ClHO4.Co/c17-16(18,20-10-13-6-2-4-8-15(13)22)11-19-9-12-5-1-3-7-14(12)21;3*2-1(3,4)5;/h1-10,21-22H,11,17-18H2;3*(H,2,3,4,5);/q;;;;+3/p-3. The van der Waals surface area contributed by atoms with Gasteiger partial charge in [-0.15, -0.1) is 30.7 Å². The molecule has 0 heterocycles. The quantitative estimate of drug-likeness (QED) is 0.171. The summed E-state index contributed by atoms with van der Waals surface area (Å²) in [5.74, 6) is -1.17. The predicted octanol–water partition coefficient (Wildman–Crippen LogP) is -13.1. The Bertz CT molecular complexity index is 938. The van der Waals surface area contributed by atoms with Gasteiger partial charge in [-0.05, 0) is 24.3 Å². The normalized spacial score (nSPS) is 11.8. The number of phenols is 2. The molecule has 38 heavy (non-hydrogen) atoms. The van der Waals surface area contributed by atoms with Gasteiger partial charge >= 0.3 is 16.8 Å². The Morgan fingerprint density at radius 1 is 0.632 bits per heavy atom. The van der Waals surface area contributed by atoms with Gasteiger partial charge in [-0.3, -0.25) is 21.5 Å². The summed E-state index contributed by atoms with van der Waals surface area (Å²) in [6.07, 6.45) is 2.89. The number of hydrogen-bond donors (Lipinski definition) is 4. The zero-order chi connectivity index (χ0) is 29.5. The molecule has 2 rings (SSSR count). The second-order valence-corrected chi connectivity index (χ2v) is 8.24. The Hall–Kier alpha value is -1.80. The number of phenolic OH excluding ortho intramolecular Hbond substituents is 2. The van der Waals surface area contributed by atoms with Gasteiger partial charge in [-0.1, -0.05) is 24.3 Å². The van der Waals surface area contributed by atoms with Crippen molar-refractivity contribution in [2.75, 3.05) is 6.54 Å². The molecule has 0 unspecified atom stereocenters. The minimum Gasteiger partial charge on any atom is -0.507 e. The van der Waals surface area contributed by atoms with Gasteiger partial charge in [0, 0.05) is 23.6 Å². The van der Waals surface area contributed by atoms with Crippen molar-refractivity contribution in [2.45, 2.75) is 5.79 Å². The Morgan fingerprint density at radius 3 is 1.24 bits per heavy atom. The molecule has 0 fully saturated rings. The van der Waals surface area contributed by atoms with E-state index in [1.54, 1.807) is 48.5 Å². The second-order valence-electron chi connectivity index (χ2n) is 5.97. The Kier molecular flexibility index (Phi) is 19.8. The third kappa shape index (κ3) is 34.2. The summed E-state index contributed by atoms with van der Waals surface area (Å²) < 4.78 is 102. The number of halogens is 3. The summed E-state index contributed by atoms with van der Waals surface area (Å²) in [4.78, 5) is 8.13. The fraction of sp³-hybridized carbons (Fsp3) is 0.125. The Morgan fingerprint density at radius 2 is 0.921 bits per heavy atom. The van der Waals surface area contributed by atoms with Crippen molar-refractivity contribution in [1.82, 2.24) is 0 Å². The van der Waals surface area contributed by atoms with Crippen molar-refractivity contribution in [3.63, 3.8) is 0 Å². The van der Waals surface area contributed by atoms with Gasteiger partial charge in [0.05, 0.1) is 6.54 Å². The molecule has 216 valence electrons. The first kappa shape index (κ1) is 40.7. The number of nitrogens with zero attached hydrogens (tertiary/aromatic N) is 2. The maximum Gasteiger partial charge on any atom is 3.00 e. The molecule has 0 aliphatic carbocycles. The molecule has 0 saturated carbocycles. The number of rotatable bonds is 5. The van der Waals surface area contributed by atoms with E-state index in [2.05, 4.69) is 9.98 Å². The molecule has 18 nitrogen and oxygen atoms in total. The van der Waals surface area contributed by atoms with Gasteiger partial charge < -0.3 is 10.2 Å². The SMILES string of the molecule is NC(N)(CN=Cc1ccccc1O)N=Cc1ccccc1O.[Co+3].[O-][Cl+3]([O-])([O-])[O-].[O-][Cl+3]([O-])([O-])[O-].[O-][Cl+3]([O-])([O-])[O-]. The Labute approximate surface area is 230 Å². The van der Waals surface area contributed by atoms with Crippen molar-refractivity contribution in [1.29, 1.82) is 0 Å². The number of benzene rings is 2. The summed E-state index contributed by atoms with van der Waals surface area (Å²) in [7, 11) is -14.8. The summed E-state index contributed by atoms with van der Waals surface area (Å²) in [6, 6.07) is 13.5. The van der Waals surface area contributed by atoms with E-state index in [0.717, 1.165) is 0 Å². The number of para-hydroxylation sites is 2. The van der Waals surface area contributed by atoms with Crippen LogP contribution in [0.1, 0.15) is 11.1 Å². The van der Waals surface area contributed by atoms with Crippen molar-refractivity contribution < 1.29 is 114 Å². The molecular formula is C16H18Cl3CoN4O14. The van der Waals surface area contributed by atoms with E-state index in [1.165, 1.54) is 12.4 Å². The van der Waals surface area contributed by atoms with Crippen LogP contribution in [0.3, 0.4) is 0 Å². The first-order valence-electron chi connectivity index (χ1n) is 8.52. The summed E-state index contributed by atoms with van der Waals surface area (Å²) in [5.41, 5.74) is 12.8. The van der Waals surface area contributed by atoms with E-state index in [4.69, 9.17) is 67.4 Å². The minimum atomic E-state index is -4.94. The maximum absolute atomic E-state index is 9.63. The van der Waals surface area contributed by atoms with Crippen LogP contribution in [0.5, 0.6) is 11.5 Å². The molecule has 0 bridgehead atoms. The average Bonchev–Trinajstić information content (AvgIpc) is 2.65. The number of aromatic hydroxyl groups is 2. The van der Waals surface area contributed by atoms with Crippen LogP contribution in [-0.4, -0.2) is 35.0 Å². The van der Waals surface area contributed by atoms with Gasteiger partial charge in [-0.2, -0.15) is 0 Å². The van der Waals surface area contributed by atoms with Gasteiger partial charge in [0.2, 0.25) is 0 Å². The molecule has 6 N–H and O–H groups in total. The van der Waals surface area contributed by atoms with Gasteiger partial charge in [0.25, 0.3) is 0 Å².